The Bertz CT molecular complexity index is 1100. The molecule has 28 heavy (non-hydrogen) atoms. The van der Waals surface area contributed by atoms with Gasteiger partial charge in [0.2, 0.25) is 0 Å². The van der Waals surface area contributed by atoms with Gasteiger partial charge in [-0.1, -0.05) is 17.3 Å². The molecule has 0 aliphatic rings. The molecule has 3 aromatic rings. The quantitative estimate of drug-likeness (QED) is 0.597. The van der Waals surface area contributed by atoms with Crippen molar-refractivity contribution in [3.05, 3.63) is 52.3 Å². The molecule has 1 aromatic heterocycles. The van der Waals surface area contributed by atoms with E-state index < -0.39 is 0 Å². The van der Waals surface area contributed by atoms with Gasteiger partial charge in [-0.2, -0.15) is 4.99 Å². The first-order valence-corrected chi connectivity index (χ1v) is 9.80. The number of carbonyl (C=O) groups excluding carboxylic acids is 1. The van der Waals surface area contributed by atoms with Crippen molar-refractivity contribution in [2.75, 3.05) is 13.2 Å². The summed E-state index contributed by atoms with van der Waals surface area (Å²) in [5.74, 6) is 3.63. The van der Waals surface area contributed by atoms with Gasteiger partial charge in [-0.25, -0.2) is 0 Å². The van der Waals surface area contributed by atoms with Crippen molar-refractivity contribution in [1.82, 2.24) is 4.57 Å². The van der Waals surface area contributed by atoms with E-state index in [1.165, 1.54) is 22.5 Å². The standard InChI is InChI=1S/C22H22N2O3S/c1-5-11-24-19-12-15(3)16(4)13-20(19)28-22(24)23-21(25)14-27-18-9-7-17(8-10-18)26-6-2/h1,7-10,12-13H,6,11,14H2,2-4H3. The van der Waals surface area contributed by atoms with Crippen molar-refractivity contribution in [2.45, 2.75) is 27.3 Å². The maximum Gasteiger partial charge on any atom is 0.286 e. The largest absolute Gasteiger partial charge is 0.494 e. The van der Waals surface area contributed by atoms with Crippen LogP contribution in [0.5, 0.6) is 11.5 Å². The molecule has 0 bridgehead atoms. The summed E-state index contributed by atoms with van der Waals surface area (Å²) in [7, 11) is 0. The molecule has 0 aliphatic heterocycles. The molecule has 0 atom stereocenters. The van der Waals surface area contributed by atoms with E-state index in [-0.39, 0.29) is 12.5 Å². The molecule has 0 spiro atoms. The Hall–Kier alpha value is -3.04. The maximum absolute atomic E-state index is 12.3. The third-order valence-electron chi connectivity index (χ3n) is 4.27. The predicted molar refractivity (Wildman–Crippen MR) is 112 cm³/mol. The summed E-state index contributed by atoms with van der Waals surface area (Å²) >= 11 is 1.45. The average molecular weight is 394 g/mol. The molecule has 6 heteroatoms. The van der Waals surface area contributed by atoms with Crippen molar-refractivity contribution >= 4 is 27.5 Å². The number of carbonyl (C=O) groups is 1. The van der Waals surface area contributed by atoms with Crippen molar-refractivity contribution in [3.63, 3.8) is 0 Å². The van der Waals surface area contributed by atoms with Gasteiger partial charge in [0.05, 0.1) is 23.4 Å². The summed E-state index contributed by atoms with van der Waals surface area (Å²) in [6.07, 6.45) is 5.52. The highest BCUT2D eigenvalue weighted by atomic mass is 32.1. The molecule has 0 aliphatic carbocycles. The summed E-state index contributed by atoms with van der Waals surface area (Å²) in [5.41, 5.74) is 3.36. The molecule has 3 rings (SSSR count). The Morgan fingerprint density at radius 1 is 1.14 bits per heavy atom. The number of amides is 1. The Kier molecular flexibility index (Phi) is 6.17. The fourth-order valence-electron chi connectivity index (χ4n) is 2.73. The van der Waals surface area contributed by atoms with E-state index in [2.05, 4.69) is 36.9 Å². The van der Waals surface area contributed by atoms with Crippen LogP contribution in [0.25, 0.3) is 10.2 Å². The van der Waals surface area contributed by atoms with Crippen molar-refractivity contribution < 1.29 is 14.3 Å². The topological polar surface area (TPSA) is 52.8 Å². The fourth-order valence-corrected chi connectivity index (χ4v) is 3.86. The summed E-state index contributed by atoms with van der Waals surface area (Å²) in [4.78, 5) is 17.2. The van der Waals surface area contributed by atoms with Crippen LogP contribution in [0.15, 0.2) is 41.4 Å². The number of aryl methyl sites for hydroxylation is 2. The highest BCUT2D eigenvalue weighted by molar-refractivity contribution is 7.16. The second-order valence-electron chi connectivity index (χ2n) is 6.28. The first-order valence-electron chi connectivity index (χ1n) is 8.99. The number of ether oxygens (including phenoxy) is 2. The molecule has 144 valence electrons. The van der Waals surface area contributed by atoms with Crippen LogP contribution < -0.4 is 14.3 Å². The number of thiazole rings is 1. The zero-order valence-corrected chi connectivity index (χ0v) is 17.0. The molecule has 0 unspecified atom stereocenters. The van der Waals surface area contributed by atoms with Crippen LogP contribution in [-0.4, -0.2) is 23.7 Å². The third-order valence-corrected chi connectivity index (χ3v) is 5.31. The monoisotopic (exact) mass is 394 g/mol. The van der Waals surface area contributed by atoms with E-state index >= 15 is 0 Å². The number of aromatic nitrogens is 1. The van der Waals surface area contributed by atoms with Crippen LogP contribution >= 0.6 is 11.3 Å². The summed E-state index contributed by atoms with van der Waals surface area (Å²) in [6, 6.07) is 11.3. The highest BCUT2D eigenvalue weighted by Gasteiger charge is 2.09. The lowest BCUT2D eigenvalue weighted by atomic mass is 10.1. The maximum atomic E-state index is 12.3. The third kappa shape index (κ3) is 4.44. The number of terminal acetylenes is 1. The van der Waals surface area contributed by atoms with Gasteiger partial charge in [0, 0.05) is 0 Å². The minimum atomic E-state index is -0.361. The minimum absolute atomic E-state index is 0.143. The molecular weight excluding hydrogens is 372 g/mol. The van der Waals surface area contributed by atoms with Crippen LogP contribution in [0.1, 0.15) is 18.1 Å². The number of hydrogen-bond donors (Lipinski definition) is 0. The van der Waals surface area contributed by atoms with Gasteiger partial charge in [0.1, 0.15) is 11.5 Å². The van der Waals surface area contributed by atoms with Gasteiger partial charge in [-0.3, -0.25) is 4.79 Å². The van der Waals surface area contributed by atoms with Crippen LogP contribution in [0.4, 0.5) is 0 Å². The Labute approximate surface area is 168 Å². The molecule has 0 saturated heterocycles. The van der Waals surface area contributed by atoms with E-state index in [4.69, 9.17) is 15.9 Å². The molecule has 5 nitrogen and oxygen atoms in total. The summed E-state index contributed by atoms with van der Waals surface area (Å²) < 4.78 is 13.9. The lowest BCUT2D eigenvalue weighted by Gasteiger charge is -2.06. The van der Waals surface area contributed by atoms with Crippen LogP contribution in [0, 0.1) is 26.2 Å². The van der Waals surface area contributed by atoms with Gasteiger partial charge in [-0.15, -0.1) is 6.42 Å². The Morgan fingerprint density at radius 3 is 2.43 bits per heavy atom. The Balaban J connectivity index is 1.81. The average Bonchev–Trinajstić information content (AvgIpc) is 2.98. The molecule has 0 fully saturated rings. The van der Waals surface area contributed by atoms with Crippen LogP contribution in [0.3, 0.4) is 0 Å². The number of fused-ring (bicyclic) bond motifs is 1. The van der Waals surface area contributed by atoms with E-state index in [1.54, 1.807) is 24.3 Å². The van der Waals surface area contributed by atoms with Crippen LogP contribution in [0.2, 0.25) is 0 Å². The highest BCUT2D eigenvalue weighted by Crippen LogP contribution is 2.22. The second kappa shape index (κ2) is 8.77. The van der Waals surface area contributed by atoms with Gasteiger partial charge in [0.25, 0.3) is 5.91 Å². The molecule has 1 amide bonds. The van der Waals surface area contributed by atoms with Crippen molar-refractivity contribution in [1.29, 1.82) is 0 Å². The normalized spacial score (nSPS) is 11.4. The van der Waals surface area contributed by atoms with Gasteiger partial charge < -0.3 is 14.0 Å². The lowest BCUT2D eigenvalue weighted by Crippen LogP contribution is -2.19. The van der Waals surface area contributed by atoms with E-state index in [1.807, 2.05) is 11.5 Å². The first kappa shape index (κ1) is 19.7. The smallest absolute Gasteiger partial charge is 0.286 e. The van der Waals surface area contributed by atoms with Crippen molar-refractivity contribution in [2.24, 2.45) is 4.99 Å². The number of nitrogens with zero attached hydrogens (tertiary/aromatic N) is 2. The zero-order chi connectivity index (χ0) is 20.1. The van der Waals surface area contributed by atoms with E-state index in [0.29, 0.717) is 23.7 Å². The zero-order valence-electron chi connectivity index (χ0n) is 16.2. The van der Waals surface area contributed by atoms with Gasteiger partial charge >= 0.3 is 0 Å². The molecule has 0 saturated carbocycles. The van der Waals surface area contributed by atoms with E-state index in [0.717, 1.165) is 16.0 Å². The molecular formula is C22H22N2O3S. The Morgan fingerprint density at radius 2 is 1.79 bits per heavy atom. The molecule has 2 aromatic carbocycles. The minimum Gasteiger partial charge on any atom is -0.494 e. The van der Waals surface area contributed by atoms with E-state index in [9.17, 15) is 4.79 Å². The second-order valence-corrected chi connectivity index (χ2v) is 7.29. The summed E-state index contributed by atoms with van der Waals surface area (Å²) in [6.45, 7) is 6.85. The SMILES string of the molecule is C#CCn1c(=NC(=O)COc2ccc(OCC)cc2)sc2cc(C)c(C)cc21. The fraction of sp³-hybridized carbons (Fsp3) is 0.273. The predicted octanol–water partition coefficient (Wildman–Crippen LogP) is 3.86. The van der Waals surface area contributed by atoms with Crippen molar-refractivity contribution in [3.8, 4) is 23.8 Å². The lowest BCUT2D eigenvalue weighted by molar-refractivity contribution is -0.120. The molecule has 1 heterocycles. The molecule has 0 N–H and O–H groups in total. The first-order chi connectivity index (χ1) is 13.5. The number of rotatable bonds is 6. The van der Waals surface area contributed by atoms with Gasteiger partial charge in [0.15, 0.2) is 11.4 Å². The molecule has 0 radical (unpaired) electrons. The number of benzene rings is 2. The van der Waals surface area contributed by atoms with Gasteiger partial charge in [-0.05, 0) is 68.3 Å². The number of hydrogen-bond acceptors (Lipinski definition) is 4. The summed E-state index contributed by atoms with van der Waals surface area (Å²) in [5, 5.41) is 0. The van der Waals surface area contributed by atoms with Crippen LogP contribution in [-0.2, 0) is 11.3 Å².